The topological polar surface area (TPSA) is 69.7 Å². The molecule has 0 aliphatic heterocycles. The minimum absolute atomic E-state index is 0.0192. The highest BCUT2D eigenvalue weighted by atomic mass is 32.2. The fraction of sp³-hybridized carbons (Fsp3) is 0.762. The maximum Gasteiger partial charge on any atom is 0.534 e. The zero-order valence-corrected chi connectivity index (χ0v) is 17.9. The third-order valence-corrected chi connectivity index (χ3v) is 9.27. The summed E-state index contributed by atoms with van der Waals surface area (Å²) in [5.74, 6) is 0.631. The number of allylic oxidation sites excluding steroid dienone is 3. The summed E-state index contributed by atoms with van der Waals surface area (Å²) in [5, 5.41) is 0. The van der Waals surface area contributed by atoms with Crippen LogP contribution in [0.1, 0.15) is 58.8 Å². The van der Waals surface area contributed by atoms with Crippen LogP contribution in [0.2, 0.25) is 0 Å². The second kappa shape index (κ2) is 7.00. The van der Waals surface area contributed by atoms with Crippen molar-refractivity contribution in [3.8, 4) is 0 Å². The van der Waals surface area contributed by atoms with E-state index in [1.165, 1.54) is 5.57 Å². The Bertz CT molecular complexity index is 893. The number of carbonyl (C=O) groups is 1. The zero-order chi connectivity index (χ0) is 21.9. The molecule has 6 unspecified atom stereocenters. The quantitative estimate of drug-likeness (QED) is 0.266. The SMILES string of the molecule is CC12CCC(OC=O)CC1=CCC1C2CCC2(C)C(OS(=O)(=O)C(F)(F)F)=CCC12. The molecule has 6 atom stereocenters. The van der Waals surface area contributed by atoms with E-state index in [0.717, 1.165) is 32.1 Å². The molecule has 0 aromatic carbocycles. The Balaban J connectivity index is 1.57. The third-order valence-electron chi connectivity index (χ3n) is 8.30. The van der Waals surface area contributed by atoms with Gasteiger partial charge in [-0.15, -0.1) is 0 Å². The minimum atomic E-state index is -5.66. The van der Waals surface area contributed by atoms with Gasteiger partial charge in [0.25, 0.3) is 6.47 Å². The summed E-state index contributed by atoms with van der Waals surface area (Å²) in [6.07, 6.45) is 8.84. The summed E-state index contributed by atoms with van der Waals surface area (Å²) >= 11 is 0. The van der Waals surface area contributed by atoms with E-state index in [2.05, 4.69) is 17.2 Å². The van der Waals surface area contributed by atoms with Gasteiger partial charge < -0.3 is 8.92 Å². The van der Waals surface area contributed by atoms with E-state index in [0.29, 0.717) is 25.2 Å². The number of hydrogen-bond donors (Lipinski definition) is 0. The van der Waals surface area contributed by atoms with Crippen LogP contribution in [0.4, 0.5) is 13.2 Å². The predicted molar refractivity (Wildman–Crippen MR) is 102 cm³/mol. The fourth-order valence-corrected chi connectivity index (χ4v) is 7.23. The van der Waals surface area contributed by atoms with E-state index >= 15 is 0 Å². The molecule has 0 heterocycles. The van der Waals surface area contributed by atoms with Crippen LogP contribution in [-0.2, 0) is 23.8 Å². The Labute approximate surface area is 174 Å². The number of fused-ring (bicyclic) bond motifs is 5. The number of ether oxygens (including phenoxy) is 1. The van der Waals surface area contributed by atoms with Crippen LogP contribution in [-0.4, -0.2) is 26.5 Å². The molecular formula is C21H27F3O5S. The van der Waals surface area contributed by atoms with Gasteiger partial charge in [0.2, 0.25) is 0 Å². The molecule has 0 bridgehead atoms. The van der Waals surface area contributed by atoms with Crippen LogP contribution >= 0.6 is 0 Å². The molecule has 5 nitrogen and oxygen atoms in total. The summed E-state index contributed by atoms with van der Waals surface area (Å²) < 4.78 is 71.6. The van der Waals surface area contributed by atoms with Crippen LogP contribution in [0.3, 0.4) is 0 Å². The highest BCUT2D eigenvalue weighted by Gasteiger charge is 2.59. The average Bonchev–Trinajstić information content (AvgIpc) is 2.97. The number of rotatable bonds is 4. The monoisotopic (exact) mass is 448 g/mol. The molecule has 0 N–H and O–H groups in total. The first-order chi connectivity index (χ1) is 13.9. The van der Waals surface area contributed by atoms with Gasteiger partial charge in [0.1, 0.15) is 11.9 Å². The Morgan fingerprint density at radius 2 is 1.77 bits per heavy atom. The molecule has 0 aromatic heterocycles. The molecule has 9 heteroatoms. The van der Waals surface area contributed by atoms with E-state index in [4.69, 9.17) is 4.74 Å². The molecule has 4 aliphatic carbocycles. The first kappa shape index (κ1) is 21.7. The molecule has 0 amide bonds. The molecule has 30 heavy (non-hydrogen) atoms. The van der Waals surface area contributed by atoms with Gasteiger partial charge in [-0.25, -0.2) is 0 Å². The minimum Gasteiger partial charge on any atom is -0.464 e. The van der Waals surface area contributed by atoms with Crippen molar-refractivity contribution >= 4 is 16.6 Å². The molecule has 168 valence electrons. The summed E-state index contributed by atoms with van der Waals surface area (Å²) in [7, 11) is -5.66. The van der Waals surface area contributed by atoms with Crippen molar-refractivity contribution in [1.82, 2.24) is 0 Å². The van der Waals surface area contributed by atoms with Gasteiger partial charge in [0, 0.05) is 11.8 Å². The predicted octanol–water partition coefficient (Wildman–Crippen LogP) is 4.85. The number of carbonyl (C=O) groups excluding carboxylic acids is 1. The molecule has 4 rings (SSSR count). The number of hydrogen-bond acceptors (Lipinski definition) is 5. The fourth-order valence-electron chi connectivity index (χ4n) is 6.64. The smallest absolute Gasteiger partial charge is 0.464 e. The maximum atomic E-state index is 12.8. The molecule has 2 fully saturated rings. The van der Waals surface area contributed by atoms with Gasteiger partial charge in [-0.2, -0.15) is 21.6 Å². The lowest BCUT2D eigenvalue weighted by molar-refractivity contribution is -0.135. The van der Waals surface area contributed by atoms with Gasteiger partial charge in [0.05, 0.1) is 0 Å². The molecule has 2 saturated carbocycles. The molecule has 0 aromatic rings. The molecule has 0 spiro atoms. The summed E-state index contributed by atoms with van der Waals surface area (Å²) in [5.41, 5.74) is -4.85. The lowest BCUT2D eigenvalue weighted by Crippen LogP contribution is -2.50. The second-order valence-electron chi connectivity index (χ2n) is 9.60. The Morgan fingerprint density at radius 1 is 1.07 bits per heavy atom. The van der Waals surface area contributed by atoms with Crippen molar-refractivity contribution in [2.45, 2.75) is 70.4 Å². The molecular weight excluding hydrogens is 421 g/mol. The highest BCUT2D eigenvalue weighted by molar-refractivity contribution is 7.87. The van der Waals surface area contributed by atoms with Crippen LogP contribution in [0.15, 0.2) is 23.5 Å². The van der Waals surface area contributed by atoms with Gasteiger partial charge in [-0.05, 0) is 67.8 Å². The van der Waals surface area contributed by atoms with Gasteiger partial charge in [-0.3, -0.25) is 4.79 Å². The summed E-state index contributed by atoms with van der Waals surface area (Å²) in [6.45, 7) is 4.60. The molecule has 0 radical (unpaired) electrons. The zero-order valence-electron chi connectivity index (χ0n) is 17.1. The van der Waals surface area contributed by atoms with E-state index in [9.17, 15) is 26.4 Å². The van der Waals surface area contributed by atoms with Crippen molar-refractivity contribution < 1.29 is 35.3 Å². The Kier molecular flexibility index (Phi) is 5.07. The van der Waals surface area contributed by atoms with Gasteiger partial charge in [-0.1, -0.05) is 25.5 Å². The van der Waals surface area contributed by atoms with E-state index < -0.39 is 21.0 Å². The standard InChI is InChI=1S/C21H27F3O5S/c1-19-9-7-14(28-12-25)11-13(19)3-4-15-16-5-6-18(20(16,2)10-8-17(15)19)29-30(26,27)21(22,23)24/h3,6,12,14-17H,4-5,7-11H2,1-2H3. The van der Waals surface area contributed by atoms with Crippen LogP contribution < -0.4 is 0 Å². The van der Waals surface area contributed by atoms with Gasteiger partial charge >= 0.3 is 15.6 Å². The largest absolute Gasteiger partial charge is 0.534 e. The molecule has 0 saturated heterocycles. The highest BCUT2D eigenvalue weighted by Crippen LogP contribution is 2.65. The first-order valence-corrected chi connectivity index (χ1v) is 11.8. The third kappa shape index (κ3) is 3.19. The maximum absolute atomic E-state index is 12.8. The van der Waals surface area contributed by atoms with Crippen LogP contribution in [0, 0.1) is 28.6 Å². The second-order valence-corrected chi connectivity index (χ2v) is 11.1. The lowest BCUT2D eigenvalue weighted by atomic mass is 9.48. The molecule has 4 aliphatic rings. The van der Waals surface area contributed by atoms with Crippen molar-refractivity contribution in [3.05, 3.63) is 23.5 Å². The van der Waals surface area contributed by atoms with E-state index in [1.807, 2.05) is 6.92 Å². The van der Waals surface area contributed by atoms with E-state index in [1.54, 1.807) is 6.08 Å². The van der Waals surface area contributed by atoms with Crippen molar-refractivity contribution in [3.63, 3.8) is 0 Å². The average molecular weight is 449 g/mol. The van der Waals surface area contributed by atoms with Crippen molar-refractivity contribution in [1.29, 1.82) is 0 Å². The van der Waals surface area contributed by atoms with Gasteiger partial charge in [0.15, 0.2) is 0 Å². The van der Waals surface area contributed by atoms with E-state index in [-0.39, 0.29) is 29.1 Å². The van der Waals surface area contributed by atoms with Crippen molar-refractivity contribution in [2.24, 2.45) is 28.6 Å². The van der Waals surface area contributed by atoms with Crippen molar-refractivity contribution in [2.75, 3.05) is 0 Å². The Hall–Kier alpha value is -1.51. The normalized spacial score (nSPS) is 41.0. The first-order valence-electron chi connectivity index (χ1n) is 10.4. The summed E-state index contributed by atoms with van der Waals surface area (Å²) in [6, 6.07) is 0. The Morgan fingerprint density at radius 3 is 2.43 bits per heavy atom. The number of halogens is 3. The van der Waals surface area contributed by atoms with Crippen LogP contribution in [0.5, 0.6) is 0 Å². The summed E-state index contributed by atoms with van der Waals surface area (Å²) in [4.78, 5) is 10.7. The lowest BCUT2D eigenvalue weighted by Gasteiger charge is -2.57. The number of alkyl halides is 3. The van der Waals surface area contributed by atoms with Crippen LogP contribution in [0.25, 0.3) is 0 Å².